The normalized spacial score (nSPS) is 20.0. The maximum atomic E-state index is 11.5. The number of hydrogen-bond acceptors (Lipinski definition) is 3. The van der Waals surface area contributed by atoms with Crippen LogP contribution in [0.25, 0.3) is 0 Å². The molecule has 0 fully saturated rings. The van der Waals surface area contributed by atoms with Crippen LogP contribution in [0.5, 0.6) is 5.75 Å². The molecule has 0 radical (unpaired) electrons. The molecule has 0 spiro atoms. The van der Waals surface area contributed by atoms with Crippen molar-refractivity contribution in [1.82, 2.24) is 0 Å². The van der Waals surface area contributed by atoms with Crippen LogP contribution >= 0.6 is 11.3 Å². The first-order chi connectivity index (χ1) is 5.58. The molecule has 2 nitrogen and oxygen atoms in total. The third-order valence-electron chi connectivity index (χ3n) is 1.85. The molecular weight excluding hydrogens is 172 g/mol. The fourth-order valence-electron chi connectivity index (χ4n) is 1.38. The summed E-state index contributed by atoms with van der Waals surface area (Å²) in [6.45, 7) is 3.87. The van der Waals surface area contributed by atoms with Crippen molar-refractivity contribution in [3.8, 4) is 5.75 Å². The van der Waals surface area contributed by atoms with Gasteiger partial charge < -0.3 is 4.74 Å². The van der Waals surface area contributed by atoms with Crippen molar-refractivity contribution in [2.45, 2.75) is 25.9 Å². The highest BCUT2D eigenvalue weighted by Gasteiger charge is 2.32. The van der Waals surface area contributed by atoms with E-state index in [1.165, 1.54) is 11.3 Å². The van der Waals surface area contributed by atoms with Crippen molar-refractivity contribution >= 4 is 17.1 Å². The van der Waals surface area contributed by atoms with Crippen molar-refractivity contribution in [3.63, 3.8) is 0 Å². The van der Waals surface area contributed by atoms with E-state index >= 15 is 0 Å². The van der Waals surface area contributed by atoms with Crippen molar-refractivity contribution in [1.29, 1.82) is 0 Å². The molecule has 0 unspecified atom stereocenters. The Balaban J connectivity index is 2.45. The van der Waals surface area contributed by atoms with Gasteiger partial charge in [0.25, 0.3) is 0 Å². The third-order valence-corrected chi connectivity index (χ3v) is 2.79. The Morgan fingerprint density at radius 3 is 3.08 bits per heavy atom. The second-order valence-electron chi connectivity index (χ2n) is 3.58. The summed E-state index contributed by atoms with van der Waals surface area (Å²) < 4.78 is 5.62. The van der Waals surface area contributed by atoms with Gasteiger partial charge in [0.05, 0.1) is 6.42 Å². The summed E-state index contributed by atoms with van der Waals surface area (Å²) in [5.41, 5.74) is -0.328. The van der Waals surface area contributed by atoms with Crippen molar-refractivity contribution < 1.29 is 9.53 Å². The Labute approximate surface area is 75.2 Å². The largest absolute Gasteiger partial charge is 0.486 e. The number of Topliss-reactive ketones (excluding diaryl/α,β-unsaturated/α-hetero) is 1. The van der Waals surface area contributed by atoms with Crippen LogP contribution in [0.4, 0.5) is 0 Å². The topological polar surface area (TPSA) is 26.3 Å². The molecule has 2 rings (SSSR count). The second kappa shape index (κ2) is 2.33. The Kier molecular flexibility index (Phi) is 1.51. The Hall–Kier alpha value is -0.830. The molecule has 3 heteroatoms. The van der Waals surface area contributed by atoms with E-state index in [2.05, 4.69) is 0 Å². The molecule has 12 heavy (non-hydrogen) atoms. The number of ketones is 1. The number of carbonyl (C=O) groups is 1. The average molecular weight is 182 g/mol. The lowest BCUT2D eigenvalue weighted by atomic mass is 9.98. The molecule has 0 saturated heterocycles. The Bertz CT molecular complexity index is 325. The summed E-state index contributed by atoms with van der Waals surface area (Å²) in [7, 11) is 0. The molecule has 0 atom stereocenters. The first-order valence-electron chi connectivity index (χ1n) is 3.88. The zero-order valence-electron chi connectivity index (χ0n) is 7.09. The molecule has 0 saturated carbocycles. The summed E-state index contributed by atoms with van der Waals surface area (Å²) in [6.07, 6.45) is 0.487. The van der Waals surface area contributed by atoms with E-state index in [9.17, 15) is 4.79 Å². The number of carbonyl (C=O) groups excluding carboxylic acids is 1. The van der Waals surface area contributed by atoms with E-state index in [0.717, 1.165) is 10.6 Å². The monoisotopic (exact) mass is 182 g/mol. The minimum atomic E-state index is -0.328. The number of fused-ring (bicyclic) bond motifs is 1. The number of rotatable bonds is 0. The lowest BCUT2D eigenvalue weighted by molar-refractivity contribution is 0.0631. The highest BCUT2D eigenvalue weighted by molar-refractivity contribution is 7.12. The molecule has 2 heterocycles. The second-order valence-corrected chi connectivity index (χ2v) is 4.49. The van der Waals surface area contributed by atoms with E-state index < -0.39 is 0 Å². The van der Waals surface area contributed by atoms with Gasteiger partial charge in [0.1, 0.15) is 16.2 Å². The van der Waals surface area contributed by atoms with E-state index in [4.69, 9.17) is 4.74 Å². The molecule has 64 valence electrons. The maximum Gasteiger partial charge on any atom is 0.180 e. The standard InChI is InChI=1S/C9H10O2S/c1-9(2)5-6(10)8-7(11-9)3-4-12-8/h3-4H,5H2,1-2H3. The van der Waals surface area contributed by atoms with Crippen molar-refractivity contribution in [2.24, 2.45) is 0 Å². The highest BCUT2D eigenvalue weighted by atomic mass is 32.1. The highest BCUT2D eigenvalue weighted by Crippen LogP contribution is 2.36. The predicted molar refractivity (Wildman–Crippen MR) is 48.0 cm³/mol. The third kappa shape index (κ3) is 1.14. The molecule has 0 aromatic carbocycles. The van der Waals surface area contributed by atoms with Crippen LogP contribution in [0.15, 0.2) is 11.4 Å². The zero-order chi connectivity index (χ0) is 8.77. The summed E-state index contributed by atoms with van der Waals surface area (Å²) in [4.78, 5) is 12.3. The van der Waals surface area contributed by atoms with Crippen LogP contribution in [0.3, 0.4) is 0 Å². The minimum absolute atomic E-state index is 0.205. The summed E-state index contributed by atoms with van der Waals surface area (Å²) in [5, 5.41) is 1.89. The van der Waals surface area contributed by atoms with Gasteiger partial charge in [-0.15, -0.1) is 11.3 Å². The maximum absolute atomic E-state index is 11.5. The van der Waals surface area contributed by atoms with Crippen LogP contribution < -0.4 is 4.74 Å². The van der Waals surface area contributed by atoms with Crippen LogP contribution in [-0.4, -0.2) is 11.4 Å². The van der Waals surface area contributed by atoms with E-state index in [1.54, 1.807) is 0 Å². The summed E-state index contributed by atoms with van der Waals surface area (Å²) in [6, 6.07) is 1.86. The lowest BCUT2D eigenvalue weighted by Crippen LogP contribution is -2.35. The number of ether oxygens (including phenoxy) is 1. The fourth-order valence-corrected chi connectivity index (χ4v) is 2.14. The number of thiophene rings is 1. The van der Waals surface area contributed by atoms with Crippen molar-refractivity contribution in [2.75, 3.05) is 0 Å². The SMILES string of the molecule is CC1(C)CC(=O)c2sccc2O1. The van der Waals surface area contributed by atoms with Crippen LogP contribution in [0.2, 0.25) is 0 Å². The van der Waals surface area contributed by atoms with Gasteiger partial charge in [0, 0.05) is 0 Å². The molecule has 1 aromatic rings. The van der Waals surface area contributed by atoms with Gasteiger partial charge in [-0.3, -0.25) is 4.79 Å². The number of hydrogen-bond donors (Lipinski definition) is 0. The van der Waals surface area contributed by atoms with Crippen LogP contribution in [0.1, 0.15) is 29.9 Å². The molecule has 0 aliphatic carbocycles. The zero-order valence-corrected chi connectivity index (χ0v) is 7.90. The van der Waals surface area contributed by atoms with Gasteiger partial charge in [-0.2, -0.15) is 0 Å². The average Bonchev–Trinajstić information content (AvgIpc) is 2.31. The van der Waals surface area contributed by atoms with Gasteiger partial charge in [-0.1, -0.05) is 0 Å². The molecule has 1 aliphatic rings. The van der Waals surface area contributed by atoms with Crippen molar-refractivity contribution in [3.05, 3.63) is 16.3 Å². The molecule has 1 aromatic heterocycles. The van der Waals surface area contributed by atoms with E-state index in [0.29, 0.717) is 6.42 Å². The Morgan fingerprint density at radius 1 is 1.58 bits per heavy atom. The molecule has 0 N–H and O–H groups in total. The summed E-state index contributed by atoms with van der Waals surface area (Å²) >= 11 is 1.46. The molecule has 0 amide bonds. The molecule has 1 aliphatic heterocycles. The predicted octanol–water partition coefficient (Wildman–Crippen LogP) is 2.49. The quantitative estimate of drug-likeness (QED) is 0.616. The first-order valence-corrected chi connectivity index (χ1v) is 4.76. The van der Waals surface area contributed by atoms with Gasteiger partial charge in [-0.25, -0.2) is 0 Å². The van der Waals surface area contributed by atoms with E-state index in [-0.39, 0.29) is 11.4 Å². The molecular formula is C9H10O2S. The van der Waals surface area contributed by atoms with Gasteiger partial charge >= 0.3 is 0 Å². The van der Waals surface area contributed by atoms with Crippen LogP contribution in [-0.2, 0) is 0 Å². The smallest absolute Gasteiger partial charge is 0.180 e. The van der Waals surface area contributed by atoms with Gasteiger partial charge in [0.15, 0.2) is 5.78 Å². The fraction of sp³-hybridized carbons (Fsp3) is 0.444. The summed E-state index contributed by atoms with van der Waals surface area (Å²) in [5.74, 6) is 0.956. The first kappa shape index (κ1) is 7.80. The van der Waals surface area contributed by atoms with Gasteiger partial charge in [0.2, 0.25) is 0 Å². The van der Waals surface area contributed by atoms with Gasteiger partial charge in [-0.05, 0) is 25.3 Å². The lowest BCUT2D eigenvalue weighted by Gasteiger charge is -2.29. The van der Waals surface area contributed by atoms with Crippen LogP contribution in [0, 0.1) is 0 Å². The Morgan fingerprint density at radius 2 is 2.33 bits per heavy atom. The molecule has 0 bridgehead atoms. The van der Waals surface area contributed by atoms with E-state index in [1.807, 2.05) is 25.3 Å². The minimum Gasteiger partial charge on any atom is -0.486 e.